The summed E-state index contributed by atoms with van der Waals surface area (Å²) in [5, 5.41) is 0.712. The van der Waals surface area contributed by atoms with E-state index in [4.69, 9.17) is 23.4 Å². The Kier molecular flexibility index (Phi) is 4.33. The fourth-order valence-electron chi connectivity index (χ4n) is 3.33. The summed E-state index contributed by atoms with van der Waals surface area (Å²) >= 11 is 0. The quantitative estimate of drug-likeness (QED) is 0.617. The summed E-state index contributed by atoms with van der Waals surface area (Å²) in [6, 6.07) is 12.0. The third-order valence-electron chi connectivity index (χ3n) is 4.87. The van der Waals surface area contributed by atoms with Crippen LogP contribution < -0.4 is 19.8 Å². The van der Waals surface area contributed by atoms with Crippen LogP contribution in [-0.4, -0.2) is 44.1 Å². The van der Waals surface area contributed by atoms with E-state index in [0.29, 0.717) is 65.6 Å². The summed E-state index contributed by atoms with van der Waals surface area (Å²) in [6.45, 7) is 2.12. The van der Waals surface area contributed by atoms with Crippen LogP contribution in [0.25, 0.3) is 22.1 Å². The number of rotatable bonds is 2. The maximum atomic E-state index is 12.5. The molecule has 0 spiro atoms. The molecule has 1 aromatic heterocycles. The number of fused-ring (bicyclic) bond motifs is 2. The smallest absolute Gasteiger partial charge is 0.415 e. The van der Waals surface area contributed by atoms with Crippen molar-refractivity contribution in [2.24, 2.45) is 0 Å². The topological polar surface area (TPSA) is 87.4 Å². The number of hydrogen-bond acceptors (Lipinski definition) is 7. The molecule has 2 aromatic carbocycles. The van der Waals surface area contributed by atoms with Gasteiger partial charge in [0.2, 0.25) is 6.79 Å². The van der Waals surface area contributed by atoms with E-state index in [1.807, 2.05) is 0 Å². The molecule has 1 saturated heterocycles. The van der Waals surface area contributed by atoms with Gasteiger partial charge in [-0.05, 0) is 35.9 Å². The minimum Gasteiger partial charge on any atom is -0.454 e. The molecule has 2 aliphatic heterocycles. The molecule has 0 N–H and O–H groups in total. The van der Waals surface area contributed by atoms with Gasteiger partial charge in [0, 0.05) is 24.5 Å². The first-order valence-electron chi connectivity index (χ1n) is 9.20. The van der Waals surface area contributed by atoms with E-state index >= 15 is 0 Å². The fraction of sp³-hybridized carbons (Fsp3) is 0.238. The van der Waals surface area contributed by atoms with Gasteiger partial charge in [0.15, 0.2) is 11.5 Å². The number of carbonyl (C=O) groups excluding carboxylic acids is 1. The van der Waals surface area contributed by atoms with Crippen molar-refractivity contribution in [3.05, 3.63) is 52.9 Å². The molecular formula is C21H17NO7. The van der Waals surface area contributed by atoms with Crippen LogP contribution in [0.5, 0.6) is 17.2 Å². The minimum atomic E-state index is -0.493. The Morgan fingerprint density at radius 3 is 2.66 bits per heavy atom. The van der Waals surface area contributed by atoms with Crippen LogP contribution >= 0.6 is 0 Å². The van der Waals surface area contributed by atoms with Crippen LogP contribution in [0.1, 0.15) is 0 Å². The van der Waals surface area contributed by atoms with E-state index in [9.17, 15) is 9.59 Å². The zero-order valence-corrected chi connectivity index (χ0v) is 15.4. The van der Waals surface area contributed by atoms with E-state index in [2.05, 4.69) is 0 Å². The van der Waals surface area contributed by atoms with Crippen molar-refractivity contribution >= 4 is 17.1 Å². The lowest BCUT2D eigenvalue weighted by Crippen LogP contribution is -2.42. The molecule has 0 bridgehead atoms. The predicted molar refractivity (Wildman–Crippen MR) is 102 cm³/mol. The van der Waals surface area contributed by atoms with Gasteiger partial charge in [0.05, 0.1) is 18.8 Å². The Balaban J connectivity index is 1.43. The van der Waals surface area contributed by atoms with E-state index < -0.39 is 11.7 Å². The highest BCUT2D eigenvalue weighted by Gasteiger charge is 2.20. The monoisotopic (exact) mass is 395 g/mol. The zero-order chi connectivity index (χ0) is 19.8. The molecule has 3 aromatic rings. The summed E-state index contributed by atoms with van der Waals surface area (Å²) in [7, 11) is 0. The van der Waals surface area contributed by atoms with Crippen molar-refractivity contribution in [1.29, 1.82) is 0 Å². The van der Waals surface area contributed by atoms with Gasteiger partial charge in [-0.15, -0.1) is 0 Å². The molecule has 0 saturated carbocycles. The number of hydrogen-bond donors (Lipinski definition) is 0. The number of ether oxygens (including phenoxy) is 4. The highest BCUT2D eigenvalue weighted by atomic mass is 16.7. The second-order valence-corrected chi connectivity index (χ2v) is 6.68. The molecule has 2 aliphatic rings. The van der Waals surface area contributed by atoms with Crippen molar-refractivity contribution in [2.75, 3.05) is 33.1 Å². The Morgan fingerprint density at radius 1 is 0.966 bits per heavy atom. The van der Waals surface area contributed by atoms with Gasteiger partial charge in [-0.3, -0.25) is 0 Å². The number of amides is 1. The summed E-state index contributed by atoms with van der Waals surface area (Å²) in [6.07, 6.45) is -0.452. The zero-order valence-electron chi connectivity index (χ0n) is 15.4. The lowest BCUT2D eigenvalue weighted by atomic mass is 10.1. The van der Waals surface area contributed by atoms with Crippen molar-refractivity contribution in [2.45, 2.75) is 0 Å². The average Bonchev–Trinajstić information content (AvgIpc) is 3.21. The normalized spacial score (nSPS) is 15.5. The fourth-order valence-corrected chi connectivity index (χ4v) is 3.33. The first-order valence-corrected chi connectivity index (χ1v) is 9.20. The minimum absolute atomic E-state index is 0.164. The van der Waals surface area contributed by atoms with E-state index in [0.717, 1.165) is 0 Å². The van der Waals surface area contributed by atoms with Crippen molar-refractivity contribution < 1.29 is 28.2 Å². The SMILES string of the molecule is O=C(Oc1ccc2cc(-c3ccc4c(c3)OCO4)c(=O)oc2c1)N1CCOCC1. The molecule has 8 nitrogen and oxygen atoms in total. The van der Waals surface area contributed by atoms with E-state index in [1.165, 1.54) is 0 Å². The Bertz CT molecular complexity index is 1150. The predicted octanol–water partition coefficient (Wildman–Crippen LogP) is 3.02. The second-order valence-electron chi connectivity index (χ2n) is 6.68. The molecule has 3 heterocycles. The summed E-state index contributed by atoms with van der Waals surface area (Å²) in [5.74, 6) is 1.55. The van der Waals surface area contributed by atoms with Crippen LogP contribution in [-0.2, 0) is 4.74 Å². The summed E-state index contributed by atoms with van der Waals surface area (Å²) in [4.78, 5) is 26.4. The lowest BCUT2D eigenvalue weighted by Gasteiger charge is -2.25. The Morgan fingerprint density at radius 2 is 1.79 bits per heavy atom. The van der Waals surface area contributed by atoms with Gasteiger partial charge < -0.3 is 28.3 Å². The van der Waals surface area contributed by atoms with E-state index in [-0.39, 0.29) is 6.79 Å². The van der Waals surface area contributed by atoms with E-state index in [1.54, 1.807) is 47.4 Å². The molecule has 0 radical (unpaired) electrons. The molecule has 8 heteroatoms. The number of morpholine rings is 1. The number of carbonyl (C=O) groups is 1. The molecule has 0 atom stereocenters. The second kappa shape index (κ2) is 7.14. The highest BCUT2D eigenvalue weighted by molar-refractivity contribution is 5.84. The van der Waals surface area contributed by atoms with Gasteiger partial charge >= 0.3 is 11.7 Å². The third kappa shape index (κ3) is 3.38. The Labute approximate surface area is 165 Å². The first-order chi connectivity index (χ1) is 14.2. The molecule has 29 heavy (non-hydrogen) atoms. The van der Waals surface area contributed by atoms with Gasteiger partial charge in [0.1, 0.15) is 11.3 Å². The molecule has 5 rings (SSSR count). The number of nitrogens with zero attached hydrogens (tertiary/aromatic N) is 1. The van der Waals surface area contributed by atoms with Crippen molar-refractivity contribution in [1.82, 2.24) is 4.90 Å². The average molecular weight is 395 g/mol. The molecule has 0 aliphatic carbocycles. The van der Waals surface area contributed by atoms with Crippen LogP contribution in [0.2, 0.25) is 0 Å². The molecule has 148 valence electrons. The Hall–Kier alpha value is -3.52. The van der Waals surface area contributed by atoms with Crippen LogP contribution in [0.4, 0.5) is 4.79 Å². The van der Waals surface area contributed by atoms with Gasteiger partial charge in [-0.2, -0.15) is 0 Å². The largest absolute Gasteiger partial charge is 0.454 e. The summed E-state index contributed by atoms with van der Waals surface area (Å²) in [5.41, 5.74) is 0.932. The standard InChI is InChI=1S/C21H17NO7/c23-20-16(13-2-4-17-19(10-13)27-12-26-17)9-14-1-3-15(11-18(14)29-20)28-21(24)22-5-7-25-8-6-22/h1-4,9-11H,5-8,12H2. The van der Waals surface area contributed by atoms with Crippen LogP contribution in [0.15, 0.2) is 51.7 Å². The molecule has 1 fully saturated rings. The van der Waals surface area contributed by atoms with Crippen molar-refractivity contribution in [3.63, 3.8) is 0 Å². The third-order valence-corrected chi connectivity index (χ3v) is 4.87. The maximum Gasteiger partial charge on any atom is 0.415 e. The summed E-state index contributed by atoms with van der Waals surface area (Å²) < 4.78 is 26.8. The molecular weight excluding hydrogens is 378 g/mol. The van der Waals surface area contributed by atoms with Gasteiger partial charge in [-0.25, -0.2) is 9.59 Å². The molecule has 0 unspecified atom stereocenters. The van der Waals surface area contributed by atoms with Crippen molar-refractivity contribution in [3.8, 4) is 28.4 Å². The van der Waals surface area contributed by atoms with Gasteiger partial charge in [-0.1, -0.05) is 6.07 Å². The molecule has 1 amide bonds. The lowest BCUT2D eigenvalue weighted by molar-refractivity contribution is 0.0416. The van der Waals surface area contributed by atoms with Crippen LogP contribution in [0.3, 0.4) is 0 Å². The van der Waals surface area contributed by atoms with Crippen LogP contribution in [0, 0.1) is 0 Å². The maximum absolute atomic E-state index is 12.5. The first kappa shape index (κ1) is 17.6. The highest BCUT2D eigenvalue weighted by Crippen LogP contribution is 2.35. The number of benzene rings is 2. The van der Waals surface area contributed by atoms with Gasteiger partial charge in [0.25, 0.3) is 0 Å².